The Labute approximate surface area is 124 Å². The Balaban J connectivity index is 1.78. The maximum Gasteiger partial charge on any atom is 0.251 e. The smallest absolute Gasteiger partial charge is 0.251 e. The number of amides is 1. The average molecular weight is 307 g/mol. The van der Waals surface area contributed by atoms with Crippen molar-refractivity contribution < 1.29 is 4.79 Å². The number of benzene rings is 1. The number of carbonyl (C=O) groups is 1. The van der Waals surface area contributed by atoms with Gasteiger partial charge >= 0.3 is 0 Å². The van der Waals surface area contributed by atoms with Crippen LogP contribution in [-0.2, 0) is 0 Å². The van der Waals surface area contributed by atoms with E-state index in [4.69, 9.17) is 11.6 Å². The molecule has 20 heavy (non-hydrogen) atoms. The van der Waals surface area contributed by atoms with Crippen LogP contribution in [0.15, 0.2) is 30.3 Å². The zero-order valence-corrected chi connectivity index (χ0v) is 12.1. The molecule has 0 saturated carbocycles. The summed E-state index contributed by atoms with van der Waals surface area (Å²) in [6, 6.07) is 8.86. The highest BCUT2D eigenvalue weighted by Crippen LogP contribution is 2.26. The highest BCUT2D eigenvalue weighted by Gasteiger charge is 2.14. The van der Waals surface area contributed by atoms with Crippen molar-refractivity contribution in [3.63, 3.8) is 0 Å². The van der Waals surface area contributed by atoms with Crippen LogP contribution in [0, 0.1) is 0 Å². The molecule has 1 amide bonds. The van der Waals surface area contributed by atoms with Crippen molar-refractivity contribution in [1.82, 2.24) is 20.7 Å². The highest BCUT2D eigenvalue weighted by atomic mass is 35.5. The lowest BCUT2D eigenvalue weighted by Gasteiger charge is -2.12. The van der Waals surface area contributed by atoms with Gasteiger partial charge in [0.05, 0.1) is 10.4 Å². The zero-order chi connectivity index (χ0) is 14.1. The summed E-state index contributed by atoms with van der Waals surface area (Å²) in [4.78, 5) is 13.2. The molecule has 0 aliphatic rings. The first-order valence-corrected chi connectivity index (χ1v) is 7.19. The van der Waals surface area contributed by atoms with E-state index in [1.54, 1.807) is 18.2 Å². The van der Waals surface area contributed by atoms with Crippen molar-refractivity contribution in [3.05, 3.63) is 45.1 Å². The molecule has 5 nitrogen and oxygen atoms in total. The van der Waals surface area contributed by atoms with Gasteiger partial charge in [-0.25, -0.2) is 0 Å². The Hall–Kier alpha value is -1.92. The quantitative estimate of drug-likeness (QED) is 0.781. The number of fused-ring (bicyclic) bond motifs is 1. The van der Waals surface area contributed by atoms with Crippen molar-refractivity contribution in [3.8, 4) is 0 Å². The second-order valence-corrected chi connectivity index (χ2v) is 6.11. The van der Waals surface area contributed by atoms with Gasteiger partial charge in [-0.05, 0) is 37.3 Å². The molecule has 0 radical (unpaired) electrons. The Bertz CT molecular complexity index is 766. The minimum Gasteiger partial charge on any atom is -0.345 e. The number of nitrogens with zero attached hydrogens (tertiary/aromatic N) is 2. The second kappa shape index (κ2) is 5.22. The van der Waals surface area contributed by atoms with E-state index in [-0.39, 0.29) is 11.9 Å². The third-order valence-corrected chi connectivity index (χ3v) is 4.36. The van der Waals surface area contributed by atoms with Gasteiger partial charge in [0, 0.05) is 10.4 Å². The van der Waals surface area contributed by atoms with Crippen molar-refractivity contribution in [2.24, 2.45) is 0 Å². The maximum atomic E-state index is 12.2. The molecule has 102 valence electrons. The lowest BCUT2D eigenvalue weighted by atomic mass is 10.1. The van der Waals surface area contributed by atoms with E-state index in [1.165, 1.54) is 11.3 Å². The van der Waals surface area contributed by atoms with Gasteiger partial charge in [0.2, 0.25) is 0 Å². The van der Waals surface area contributed by atoms with Crippen molar-refractivity contribution in [2.45, 2.75) is 13.0 Å². The lowest BCUT2D eigenvalue weighted by Crippen LogP contribution is -2.26. The molecule has 0 bridgehead atoms. The number of hydrogen-bond acceptors (Lipinski definition) is 4. The van der Waals surface area contributed by atoms with Gasteiger partial charge in [-0.1, -0.05) is 11.6 Å². The molecule has 1 aromatic carbocycles. The van der Waals surface area contributed by atoms with Gasteiger partial charge in [0.25, 0.3) is 5.91 Å². The zero-order valence-electron chi connectivity index (χ0n) is 10.6. The summed E-state index contributed by atoms with van der Waals surface area (Å²) in [7, 11) is 0. The molecule has 2 heterocycles. The first-order chi connectivity index (χ1) is 9.63. The van der Waals surface area contributed by atoms with Crippen LogP contribution in [0.1, 0.15) is 28.2 Å². The Morgan fingerprint density at radius 3 is 2.85 bits per heavy atom. The predicted molar refractivity (Wildman–Crippen MR) is 79.1 cm³/mol. The van der Waals surface area contributed by atoms with Crippen LogP contribution in [-0.4, -0.2) is 21.3 Å². The van der Waals surface area contributed by atoms with Crippen LogP contribution in [0.2, 0.25) is 4.34 Å². The van der Waals surface area contributed by atoms with Crippen molar-refractivity contribution in [2.75, 3.05) is 0 Å². The van der Waals surface area contributed by atoms with Crippen LogP contribution >= 0.6 is 22.9 Å². The Morgan fingerprint density at radius 2 is 2.10 bits per heavy atom. The number of rotatable bonds is 3. The normalized spacial score (nSPS) is 12.5. The van der Waals surface area contributed by atoms with Gasteiger partial charge in [-0.3, -0.25) is 4.79 Å². The summed E-state index contributed by atoms with van der Waals surface area (Å²) in [5.74, 6) is -0.146. The fourth-order valence-corrected chi connectivity index (χ4v) is 2.96. The molecule has 3 aromatic rings. The summed E-state index contributed by atoms with van der Waals surface area (Å²) in [5.41, 5.74) is 1.96. The number of hydrogen-bond donors (Lipinski definition) is 2. The molecule has 0 aliphatic heterocycles. The number of halogens is 1. The van der Waals surface area contributed by atoms with Gasteiger partial charge in [-0.15, -0.1) is 11.3 Å². The van der Waals surface area contributed by atoms with E-state index >= 15 is 0 Å². The summed E-state index contributed by atoms with van der Waals surface area (Å²) < 4.78 is 0.713. The number of nitrogens with one attached hydrogen (secondary N) is 2. The number of thiophene rings is 1. The van der Waals surface area contributed by atoms with E-state index in [9.17, 15) is 4.79 Å². The summed E-state index contributed by atoms with van der Waals surface area (Å²) in [6.07, 6.45) is 0. The lowest BCUT2D eigenvalue weighted by molar-refractivity contribution is 0.0940. The number of carbonyl (C=O) groups excluding carboxylic acids is 1. The minimum atomic E-state index is -0.146. The topological polar surface area (TPSA) is 70.7 Å². The number of aromatic nitrogens is 3. The molecule has 3 rings (SSSR count). The molecule has 0 spiro atoms. The summed E-state index contributed by atoms with van der Waals surface area (Å²) in [5, 5.41) is 13.4. The molecular weight excluding hydrogens is 296 g/mol. The van der Waals surface area contributed by atoms with E-state index in [2.05, 4.69) is 20.7 Å². The number of H-pyrrole nitrogens is 1. The Morgan fingerprint density at radius 1 is 1.30 bits per heavy atom. The molecule has 2 N–H and O–H groups in total. The van der Waals surface area contributed by atoms with Crippen LogP contribution in [0.4, 0.5) is 0 Å². The largest absolute Gasteiger partial charge is 0.345 e. The predicted octanol–water partition coefficient (Wildman–Crippen LogP) is 3.16. The fourth-order valence-electron chi connectivity index (χ4n) is 1.89. The average Bonchev–Trinajstić information content (AvgIpc) is 3.05. The molecule has 2 aromatic heterocycles. The van der Waals surface area contributed by atoms with Crippen LogP contribution < -0.4 is 5.32 Å². The molecule has 0 aliphatic carbocycles. The van der Waals surface area contributed by atoms with Crippen molar-refractivity contribution >= 4 is 39.9 Å². The fraction of sp³-hybridized carbons (Fsp3) is 0.154. The molecule has 1 atom stereocenters. The van der Waals surface area contributed by atoms with E-state index in [0.29, 0.717) is 15.4 Å². The SMILES string of the molecule is C[C@H](NC(=O)c1ccc2n[nH]nc2c1)c1ccc(Cl)s1. The maximum absolute atomic E-state index is 12.2. The number of aromatic amines is 1. The molecule has 0 saturated heterocycles. The van der Waals surface area contributed by atoms with E-state index in [1.807, 2.05) is 19.1 Å². The molecule has 0 fully saturated rings. The van der Waals surface area contributed by atoms with Crippen LogP contribution in [0.5, 0.6) is 0 Å². The first kappa shape index (κ1) is 13.1. The molecule has 0 unspecified atom stereocenters. The standard InChI is InChI=1S/C13H11ClN4OS/c1-7(11-4-5-12(14)20-11)15-13(19)8-2-3-9-10(6-8)17-18-16-9/h2-7H,1H3,(H,15,19)(H,16,17,18)/t7-/m0/s1. The van der Waals surface area contributed by atoms with E-state index < -0.39 is 0 Å². The Kier molecular flexibility index (Phi) is 3.42. The van der Waals surface area contributed by atoms with Crippen LogP contribution in [0.25, 0.3) is 11.0 Å². The second-order valence-electron chi connectivity index (χ2n) is 4.36. The van der Waals surface area contributed by atoms with Crippen molar-refractivity contribution in [1.29, 1.82) is 0 Å². The summed E-state index contributed by atoms with van der Waals surface area (Å²) in [6.45, 7) is 1.93. The molecule has 7 heteroatoms. The molecular formula is C13H11ClN4OS. The van der Waals surface area contributed by atoms with Gasteiger partial charge in [0.15, 0.2) is 0 Å². The van der Waals surface area contributed by atoms with Gasteiger partial charge in [0.1, 0.15) is 11.0 Å². The van der Waals surface area contributed by atoms with Gasteiger partial charge in [-0.2, -0.15) is 15.4 Å². The summed E-state index contributed by atoms with van der Waals surface area (Å²) >= 11 is 7.36. The third kappa shape index (κ3) is 2.52. The highest BCUT2D eigenvalue weighted by molar-refractivity contribution is 7.16. The monoisotopic (exact) mass is 306 g/mol. The van der Waals surface area contributed by atoms with Crippen LogP contribution in [0.3, 0.4) is 0 Å². The van der Waals surface area contributed by atoms with E-state index in [0.717, 1.165) is 10.4 Å². The third-order valence-electron chi connectivity index (χ3n) is 2.95. The first-order valence-electron chi connectivity index (χ1n) is 6.00. The van der Waals surface area contributed by atoms with Gasteiger partial charge < -0.3 is 5.32 Å². The minimum absolute atomic E-state index is 0.0898.